The molecule has 1 aliphatic heterocycles. The molecule has 2 amide bonds. The van der Waals surface area contributed by atoms with Gasteiger partial charge in [-0.2, -0.15) is 5.10 Å². The molecule has 2 N–H and O–H groups in total. The van der Waals surface area contributed by atoms with Gasteiger partial charge in [-0.05, 0) is 31.0 Å². The number of likely N-dealkylation sites (tertiary alicyclic amines) is 1. The molecule has 3 rings (SSSR count). The third-order valence-electron chi connectivity index (χ3n) is 4.62. The first-order valence-electron chi connectivity index (χ1n) is 8.96. The third kappa shape index (κ3) is 4.70. The van der Waals surface area contributed by atoms with Crippen LogP contribution in [0.4, 0.5) is 0 Å². The number of nitrogens with zero attached hydrogens (tertiary/aromatic N) is 3. The standard InChI is InChI=1S/C19H25N5O2/c1-20-19(26)17-9-11-24(22-17)16-8-5-10-23(13-16)14-18(25)21-12-15-6-3-2-4-7-15/h2-4,6-7,9,11,16H,5,8,10,12-14H2,1H3,(H,20,26)(H,21,25)/t16-/m1/s1. The molecule has 1 aliphatic rings. The number of nitrogens with one attached hydrogen (secondary N) is 2. The highest BCUT2D eigenvalue weighted by Crippen LogP contribution is 2.20. The highest BCUT2D eigenvalue weighted by molar-refractivity contribution is 5.91. The van der Waals surface area contributed by atoms with E-state index in [0.29, 0.717) is 18.8 Å². The number of hydrogen-bond acceptors (Lipinski definition) is 4. The number of benzene rings is 1. The monoisotopic (exact) mass is 355 g/mol. The van der Waals surface area contributed by atoms with Gasteiger partial charge in [0.15, 0.2) is 0 Å². The molecule has 138 valence electrons. The van der Waals surface area contributed by atoms with Crippen LogP contribution >= 0.6 is 0 Å². The molecule has 0 aliphatic carbocycles. The summed E-state index contributed by atoms with van der Waals surface area (Å²) >= 11 is 0. The number of aromatic nitrogens is 2. The number of piperidine rings is 1. The van der Waals surface area contributed by atoms with Crippen LogP contribution in [0.5, 0.6) is 0 Å². The van der Waals surface area contributed by atoms with Gasteiger partial charge in [0, 0.05) is 26.3 Å². The Bertz CT molecular complexity index is 743. The largest absolute Gasteiger partial charge is 0.354 e. The second-order valence-electron chi connectivity index (χ2n) is 6.55. The van der Waals surface area contributed by atoms with E-state index in [9.17, 15) is 9.59 Å². The van der Waals surface area contributed by atoms with Crippen molar-refractivity contribution in [1.29, 1.82) is 0 Å². The normalized spacial score (nSPS) is 17.7. The Morgan fingerprint density at radius 2 is 2.04 bits per heavy atom. The van der Waals surface area contributed by atoms with Gasteiger partial charge < -0.3 is 10.6 Å². The maximum atomic E-state index is 12.2. The average Bonchev–Trinajstić information content (AvgIpc) is 3.17. The number of amides is 2. The van der Waals surface area contributed by atoms with Crippen molar-refractivity contribution in [2.45, 2.75) is 25.4 Å². The van der Waals surface area contributed by atoms with Crippen LogP contribution in [0.2, 0.25) is 0 Å². The van der Waals surface area contributed by atoms with Crippen LogP contribution in [0.15, 0.2) is 42.6 Å². The van der Waals surface area contributed by atoms with Crippen LogP contribution < -0.4 is 10.6 Å². The van der Waals surface area contributed by atoms with Gasteiger partial charge in [-0.3, -0.25) is 19.2 Å². The van der Waals surface area contributed by atoms with Gasteiger partial charge in [-0.25, -0.2) is 0 Å². The summed E-state index contributed by atoms with van der Waals surface area (Å²) in [5.41, 5.74) is 1.51. The second kappa shape index (κ2) is 8.62. The molecule has 1 atom stereocenters. The molecule has 7 heteroatoms. The molecule has 1 aromatic heterocycles. The third-order valence-corrected chi connectivity index (χ3v) is 4.62. The van der Waals surface area contributed by atoms with Crippen molar-refractivity contribution < 1.29 is 9.59 Å². The molecule has 0 spiro atoms. The molecule has 2 aromatic rings. The van der Waals surface area contributed by atoms with Crippen molar-refractivity contribution in [2.24, 2.45) is 0 Å². The fourth-order valence-corrected chi connectivity index (χ4v) is 3.24. The summed E-state index contributed by atoms with van der Waals surface area (Å²) in [7, 11) is 1.59. The number of carbonyl (C=O) groups is 2. The van der Waals surface area contributed by atoms with Gasteiger partial charge in [0.05, 0.1) is 12.6 Å². The SMILES string of the molecule is CNC(=O)c1ccn([C@@H]2CCCN(CC(=O)NCc3ccccc3)C2)n1. The lowest BCUT2D eigenvalue weighted by atomic mass is 10.1. The molecule has 1 fully saturated rings. The van der Waals surface area contributed by atoms with Crippen LogP contribution in [-0.2, 0) is 11.3 Å². The molecular formula is C19H25N5O2. The van der Waals surface area contributed by atoms with Gasteiger partial charge in [-0.1, -0.05) is 30.3 Å². The van der Waals surface area contributed by atoms with E-state index >= 15 is 0 Å². The van der Waals surface area contributed by atoms with E-state index in [4.69, 9.17) is 0 Å². The molecule has 1 saturated heterocycles. The van der Waals surface area contributed by atoms with Gasteiger partial charge in [0.1, 0.15) is 5.69 Å². The quantitative estimate of drug-likeness (QED) is 0.816. The van der Waals surface area contributed by atoms with E-state index in [0.717, 1.165) is 31.5 Å². The molecule has 0 radical (unpaired) electrons. The zero-order valence-corrected chi connectivity index (χ0v) is 15.0. The Hall–Kier alpha value is -2.67. The van der Waals surface area contributed by atoms with Gasteiger partial charge in [0.25, 0.3) is 5.91 Å². The van der Waals surface area contributed by atoms with Crippen LogP contribution in [0.1, 0.15) is 34.9 Å². The number of carbonyl (C=O) groups excluding carboxylic acids is 2. The summed E-state index contributed by atoms with van der Waals surface area (Å²) in [6.07, 6.45) is 3.84. The summed E-state index contributed by atoms with van der Waals surface area (Å²) in [5, 5.41) is 9.93. The van der Waals surface area contributed by atoms with Gasteiger partial charge in [-0.15, -0.1) is 0 Å². The van der Waals surface area contributed by atoms with Crippen molar-refractivity contribution in [3.8, 4) is 0 Å². The van der Waals surface area contributed by atoms with Gasteiger partial charge >= 0.3 is 0 Å². The molecule has 0 saturated carbocycles. The minimum atomic E-state index is -0.184. The molecule has 26 heavy (non-hydrogen) atoms. The van der Waals surface area contributed by atoms with E-state index < -0.39 is 0 Å². The zero-order chi connectivity index (χ0) is 18.4. The predicted octanol–water partition coefficient (Wildman–Crippen LogP) is 1.20. The lowest BCUT2D eigenvalue weighted by molar-refractivity contribution is -0.122. The van der Waals surface area contributed by atoms with Crippen molar-refractivity contribution >= 4 is 11.8 Å². The van der Waals surface area contributed by atoms with E-state index in [1.165, 1.54) is 0 Å². The first kappa shape index (κ1) is 18.1. The Kier molecular flexibility index (Phi) is 6.01. The molecular weight excluding hydrogens is 330 g/mol. The Balaban J connectivity index is 1.51. The molecule has 2 heterocycles. The Morgan fingerprint density at radius 1 is 1.23 bits per heavy atom. The van der Waals surface area contributed by atoms with Crippen molar-refractivity contribution in [3.05, 3.63) is 53.9 Å². The predicted molar refractivity (Wildman–Crippen MR) is 98.6 cm³/mol. The maximum absolute atomic E-state index is 12.2. The molecule has 7 nitrogen and oxygen atoms in total. The number of hydrogen-bond donors (Lipinski definition) is 2. The molecule has 0 bridgehead atoms. The fraction of sp³-hybridized carbons (Fsp3) is 0.421. The summed E-state index contributed by atoms with van der Waals surface area (Å²) in [4.78, 5) is 26.0. The lowest BCUT2D eigenvalue weighted by Crippen LogP contribution is -2.43. The topological polar surface area (TPSA) is 79.3 Å². The van der Waals surface area contributed by atoms with Crippen molar-refractivity contribution in [1.82, 2.24) is 25.3 Å². The minimum absolute atomic E-state index is 0.0287. The van der Waals surface area contributed by atoms with E-state index in [-0.39, 0.29) is 17.9 Å². The summed E-state index contributed by atoms with van der Waals surface area (Å²) in [6, 6.07) is 11.8. The summed E-state index contributed by atoms with van der Waals surface area (Å²) < 4.78 is 1.85. The zero-order valence-electron chi connectivity index (χ0n) is 15.0. The van der Waals surface area contributed by atoms with E-state index in [2.05, 4.69) is 20.6 Å². The fourth-order valence-electron chi connectivity index (χ4n) is 3.24. The first-order valence-corrected chi connectivity index (χ1v) is 8.96. The smallest absolute Gasteiger partial charge is 0.271 e. The highest BCUT2D eigenvalue weighted by Gasteiger charge is 2.24. The van der Waals surface area contributed by atoms with E-state index in [1.807, 2.05) is 41.2 Å². The van der Waals surface area contributed by atoms with Crippen molar-refractivity contribution in [3.63, 3.8) is 0 Å². The highest BCUT2D eigenvalue weighted by atomic mass is 16.2. The summed E-state index contributed by atoms with van der Waals surface area (Å²) in [6.45, 7) is 2.59. The lowest BCUT2D eigenvalue weighted by Gasteiger charge is -2.32. The second-order valence-corrected chi connectivity index (χ2v) is 6.55. The van der Waals surface area contributed by atoms with Crippen LogP contribution in [0, 0.1) is 0 Å². The summed E-state index contributed by atoms with van der Waals surface area (Å²) in [5.74, 6) is -0.155. The van der Waals surface area contributed by atoms with Gasteiger partial charge in [0.2, 0.25) is 5.91 Å². The Labute approximate surface area is 153 Å². The van der Waals surface area contributed by atoms with Crippen LogP contribution in [-0.4, -0.2) is 53.2 Å². The van der Waals surface area contributed by atoms with Crippen LogP contribution in [0.25, 0.3) is 0 Å². The molecule has 0 unspecified atom stereocenters. The average molecular weight is 355 g/mol. The van der Waals surface area contributed by atoms with Crippen LogP contribution in [0.3, 0.4) is 0 Å². The first-order chi connectivity index (χ1) is 12.7. The minimum Gasteiger partial charge on any atom is -0.354 e. The van der Waals surface area contributed by atoms with E-state index in [1.54, 1.807) is 13.1 Å². The number of rotatable bonds is 6. The maximum Gasteiger partial charge on any atom is 0.271 e. The van der Waals surface area contributed by atoms with Crippen molar-refractivity contribution in [2.75, 3.05) is 26.7 Å². The Morgan fingerprint density at radius 3 is 2.81 bits per heavy atom. The molecule has 1 aromatic carbocycles.